The van der Waals surface area contributed by atoms with E-state index in [1.54, 1.807) is 12.1 Å². The molecule has 0 amide bonds. The maximum Gasteiger partial charge on any atom is 0.244 e. The Labute approximate surface area is 167 Å². The standard InChI is InChI=1S/C17H16Cl3FN2O2S/c18-14-9-16(20)17(10-15(14)19)26(24,25)23-7-5-22(6-8-23)11-12-1-3-13(21)4-2-12/h1-4,9-10H,5-8,11H2. The quantitative estimate of drug-likeness (QED) is 0.670. The minimum atomic E-state index is -3.75. The third kappa shape index (κ3) is 4.32. The van der Waals surface area contributed by atoms with Gasteiger partial charge in [-0.3, -0.25) is 4.90 Å². The summed E-state index contributed by atoms with van der Waals surface area (Å²) in [6.45, 7) is 2.44. The molecule has 1 fully saturated rings. The zero-order chi connectivity index (χ0) is 18.9. The molecule has 0 radical (unpaired) electrons. The van der Waals surface area contributed by atoms with Crippen molar-refractivity contribution in [2.45, 2.75) is 11.4 Å². The molecule has 3 rings (SSSR count). The Hall–Kier alpha value is -0.890. The molecule has 140 valence electrons. The Morgan fingerprint density at radius 2 is 1.46 bits per heavy atom. The molecule has 4 nitrogen and oxygen atoms in total. The first-order valence-corrected chi connectivity index (χ1v) is 10.5. The first kappa shape index (κ1) is 19.9. The molecule has 1 saturated heterocycles. The van der Waals surface area contributed by atoms with Crippen LogP contribution in [0.4, 0.5) is 4.39 Å². The van der Waals surface area contributed by atoms with Crippen LogP contribution in [0, 0.1) is 5.82 Å². The van der Waals surface area contributed by atoms with Crippen LogP contribution in [0.3, 0.4) is 0 Å². The van der Waals surface area contributed by atoms with Crippen LogP contribution in [-0.2, 0) is 16.6 Å². The van der Waals surface area contributed by atoms with E-state index >= 15 is 0 Å². The maximum absolute atomic E-state index is 13.0. The Bertz CT molecular complexity index is 899. The van der Waals surface area contributed by atoms with Gasteiger partial charge in [0.2, 0.25) is 10.0 Å². The van der Waals surface area contributed by atoms with Crippen molar-refractivity contribution in [1.82, 2.24) is 9.21 Å². The third-order valence-corrected chi connectivity index (χ3v) is 7.33. The first-order valence-electron chi connectivity index (χ1n) is 7.89. The summed E-state index contributed by atoms with van der Waals surface area (Å²) in [5, 5.41) is 0.400. The van der Waals surface area contributed by atoms with Crippen LogP contribution in [0.15, 0.2) is 41.3 Å². The molecule has 2 aromatic carbocycles. The van der Waals surface area contributed by atoms with E-state index in [1.807, 2.05) is 0 Å². The van der Waals surface area contributed by atoms with Crippen molar-refractivity contribution < 1.29 is 12.8 Å². The fourth-order valence-electron chi connectivity index (χ4n) is 2.82. The molecule has 2 aromatic rings. The van der Waals surface area contributed by atoms with Crippen LogP contribution in [0.5, 0.6) is 0 Å². The second kappa shape index (κ2) is 8.00. The van der Waals surface area contributed by atoms with Gasteiger partial charge >= 0.3 is 0 Å². The molecule has 0 aliphatic carbocycles. The second-order valence-electron chi connectivity index (χ2n) is 6.00. The molecular weight excluding hydrogens is 422 g/mol. The molecule has 0 aromatic heterocycles. The number of sulfonamides is 1. The number of benzene rings is 2. The van der Waals surface area contributed by atoms with E-state index in [0.717, 1.165) is 5.56 Å². The molecule has 0 spiro atoms. The molecular formula is C17H16Cl3FN2O2S. The lowest BCUT2D eigenvalue weighted by Gasteiger charge is -2.34. The van der Waals surface area contributed by atoms with Crippen LogP contribution >= 0.6 is 34.8 Å². The Balaban J connectivity index is 1.69. The van der Waals surface area contributed by atoms with Gasteiger partial charge in [-0.2, -0.15) is 4.31 Å². The fraction of sp³-hybridized carbons (Fsp3) is 0.294. The smallest absolute Gasteiger partial charge is 0.244 e. The van der Waals surface area contributed by atoms with Gasteiger partial charge in [0.25, 0.3) is 0 Å². The summed E-state index contributed by atoms with van der Waals surface area (Å²) in [5.41, 5.74) is 0.982. The summed E-state index contributed by atoms with van der Waals surface area (Å²) in [5.74, 6) is -0.275. The van der Waals surface area contributed by atoms with Crippen molar-refractivity contribution in [3.63, 3.8) is 0 Å². The maximum atomic E-state index is 13.0. The Morgan fingerprint density at radius 1 is 0.885 bits per heavy atom. The van der Waals surface area contributed by atoms with Crippen LogP contribution in [0.1, 0.15) is 5.56 Å². The summed E-state index contributed by atoms with van der Waals surface area (Å²) in [6, 6.07) is 8.92. The van der Waals surface area contributed by atoms with E-state index in [1.165, 1.54) is 28.6 Å². The highest BCUT2D eigenvalue weighted by Gasteiger charge is 2.30. The molecule has 0 unspecified atom stereocenters. The normalized spacial score (nSPS) is 16.8. The van der Waals surface area contributed by atoms with Gasteiger partial charge in [0.05, 0.1) is 15.1 Å². The zero-order valence-electron chi connectivity index (χ0n) is 13.6. The molecule has 0 bridgehead atoms. The summed E-state index contributed by atoms with van der Waals surface area (Å²) < 4.78 is 40.1. The van der Waals surface area contributed by atoms with Crippen LogP contribution in [0.25, 0.3) is 0 Å². The van der Waals surface area contributed by atoms with Crippen molar-refractivity contribution in [1.29, 1.82) is 0 Å². The largest absolute Gasteiger partial charge is 0.296 e. The SMILES string of the molecule is O=S(=O)(c1cc(Cl)c(Cl)cc1Cl)N1CCN(Cc2ccc(F)cc2)CC1. The number of hydrogen-bond acceptors (Lipinski definition) is 3. The molecule has 0 saturated carbocycles. The van der Waals surface area contributed by atoms with Gasteiger partial charge in [0, 0.05) is 32.7 Å². The molecule has 1 aliphatic heterocycles. The first-order chi connectivity index (χ1) is 12.3. The summed E-state index contributed by atoms with van der Waals surface area (Å²) in [6.07, 6.45) is 0. The average molecular weight is 438 g/mol. The predicted molar refractivity (Wildman–Crippen MR) is 102 cm³/mol. The second-order valence-corrected chi connectivity index (χ2v) is 9.13. The van der Waals surface area contributed by atoms with Gasteiger partial charge in [0.1, 0.15) is 10.7 Å². The van der Waals surface area contributed by atoms with Crippen molar-refractivity contribution >= 4 is 44.8 Å². The van der Waals surface area contributed by atoms with Gasteiger partial charge in [-0.15, -0.1) is 0 Å². The molecule has 1 aliphatic rings. The lowest BCUT2D eigenvalue weighted by atomic mass is 10.2. The van der Waals surface area contributed by atoms with Crippen LogP contribution in [0.2, 0.25) is 15.1 Å². The van der Waals surface area contributed by atoms with Gasteiger partial charge in [0.15, 0.2) is 0 Å². The monoisotopic (exact) mass is 436 g/mol. The molecule has 1 heterocycles. The third-order valence-electron chi connectivity index (χ3n) is 4.24. The highest BCUT2D eigenvalue weighted by molar-refractivity contribution is 7.89. The number of hydrogen-bond donors (Lipinski definition) is 0. The molecule has 0 atom stereocenters. The highest BCUT2D eigenvalue weighted by atomic mass is 35.5. The van der Waals surface area contributed by atoms with E-state index in [4.69, 9.17) is 34.8 Å². The minimum Gasteiger partial charge on any atom is -0.296 e. The van der Waals surface area contributed by atoms with Crippen molar-refractivity contribution in [2.75, 3.05) is 26.2 Å². The zero-order valence-corrected chi connectivity index (χ0v) is 16.7. The summed E-state index contributed by atoms with van der Waals surface area (Å²) >= 11 is 17.9. The Kier molecular flexibility index (Phi) is 6.11. The van der Waals surface area contributed by atoms with Gasteiger partial charge < -0.3 is 0 Å². The molecule has 9 heteroatoms. The van der Waals surface area contributed by atoms with Crippen LogP contribution < -0.4 is 0 Å². The Morgan fingerprint density at radius 3 is 2.08 bits per heavy atom. The average Bonchev–Trinajstić information content (AvgIpc) is 2.60. The highest BCUT2D eigenvalue weighted by Crippen LogP contribution is 2.33. The minimum absolute atomic E-state index is 0.0412. The summed E-state index contributed by atoms with van der Waals surface area (Å²) in [4.78, 5) is 2.08. The van der Waals surface area contributed by atoms with Crippen molar-refractivity contribution in [3.8, 4) is 0 Å². The van der Waals surface area contributed by atoms with Crippen molar-refractivity contribution in [2.24, 2.45) is 0 Å². The fourth-order valence-corrected chi connectivity index (χ4v) is 5.22. The van der Waals surface area contributed by atoms with Gasteiger partial charge in [-0.05, 0) is 29.8 Å². The van der Waals surface area contributed by atoms with Crippen molar-refractivity contribution in [3.05, 3.63) is 62.8 Å². The number of halogens is 4. The lowest BCUT2D eigenvalue weighted by Crippen LogP contribution is -2.48. The van der Waals surface area contributed by atoms with E-state index in [0.29, 0.717) is 32.7 Å². The number of piperazine rings is 1. The van der Waals surface area contributed by atoms with Gasteiger partial charge in [-0.25, -0.2) is 12.8 Å². The number of rotatable bonds is 4. The van der Waals surface area contributed by atoms with E-state index < -0.39 is 10.0 Å². The molecule has 26 heavy (non-hydrogen) atoms. The summed E-state index contributed by atoms with van der Waals surface area (Å²) in [7, 11) is -3.75. The topological polar surface area (TPSA) is 40.6 Å². The van der Waals surface area contributed by atoms with Crippen LogP contribution in [-0.4, -0.2) is 43.8 Å². The predicted octanol–water partition coefficient (Wildman–Crippen LogP) is 4.29. The van der Waals surface area contributed by atoms with E-state index in [9.17, 15) is 12.8 Å². The number of nitrogens with zero attached hydrogens (tertiary/aromatic N) is 2. The van der Waals surface area contributed by atoms with E-state index in [2.05, 4.69) is 4.90 Å². The molecule has 0 N–H and O–H groups in total. The van der Waals surface area contributed by atoms with Gasteiger partial charge in [-0.1, -0.05) is 46.9 Å². The van der Waals surface area contributed by atoms with E-state index in [-0.39, 0.29) is 25.8 Å². The lowest BCUT2D eigenvalue weighted by molar-refractivity contribution is 0.181.